The molecule has 15 nitrogen and oxygen atoms in total. The molecule has 0 bridgehead atoms. The Labute approximate surface area is 326 Å². The first kappa shape index (κ1) is 38.4. The third kappa shape index (κ3) is 7.64. The van der Waals surface area contributed by atoms with Crippen LogP contribution in [-0.4, -0.2) is 88.5 Å². The van der Waals surface area contributed by atoms with Crippen molar-refractivity contribution in [1.29, 1.82) is 0 Å². The van der Waals surface area contributed by atoms with Crippen LogP contribution in [0.25, 0.3) is 10.8 Å². The van der Waals surface area contributed by atoms with E-state index in [-0.39, 0.29) is 48.8 Å². The molecule has 9 unspecified atom stereocenters. The van der Waals surface area contributed by atoms with Gasteiger partial charge in [0.15, 0.2) is 0 Å². The highest BCUT2D eigenvalue weighted by Crippen LogP contribution is 2.52. The molecule has 302 valence electrons. The number of amides is 4. The number of carbonyl (C=O) groups is 4. The summed E-state index contributed by atoms with van der Waals surface area (Å²) in [7, 11) is -3.91. The molecule has 0 spiro atoms. The van der Waals surface area contributed by atoms with Crippen molar-refractivity contribution in [2.75, 3.05) is 6.54 Å². The number of allylic oxidation sites excluding steroid dienone is 1. The van der Waals surface area contributed by atoms with E-state index in [9.17, 15) is 32.4 Å². The smallest absolute Gasteiger partial charge is 0.408 e. The Morgan fingerprint density at radius 3 is 2.43 bits per heavy atom. The van der Waals surface area contributed by atoms with Crippen LogP contribution in [0.2, 0.25) is 0 Å². The zero-order valence-corrected chi connectivity index (χ0v) is 33.0. The molecule has 1 aromatic carbocycles. The molecule has 4 saturated carbocycles. The van der Waals surface area contributed by atoms with Crippen LogP contribution in [0, 0.1) is 29.6 Å². The number of sulfonamides is 1. The highest BCUT2D eigenvalue weighted by Gasteiger charge is 2.62. The van der Waals surface area contributed by atoms with Crippen molar-refractivity contribution in [3.05, 3.63) is 46.8 Å². The molecule has 2 aromatic rings. The molecular weight excluding hydrogens is 741 g/mol. The number of rotatable bonds is 8. The second-order valence-electron chi connectivity index (χ2n) is 17.1. The number of fused-ring (bicyclic) bond motifs is 4. The summed E-state index contributed by atoms with van der Waals surface area (Å²) in [5.74, 6) is -1.20. The van der Waals surface area contributed by atoms with Crippen LogP contribution in [-0.2, 0) is 35.7 Å². The molecule has 2 aliphatic heterocycles. The molecule has 4 aliphatic carbocycles. The van der Waals surface area contributed by atoms with Gasteiger partial charge >= 0.3 is 6.09 Å². The third-order valence-electron chi connectivity index (χ3n) is 12.8. The average molecular weight is 793 g/mol. The van der Waals surface area contributed by atoms with Gasteiger partial charge in [-0.25, -0.2) is 17.9 Å². The summed E-state index contributed by atoms with van der Waals surface area (Å²) in [5, 5.41) is 10.5. The van der Waals surface area contributed by atoms with Gasteiger partial charge in [0, 0.05) is 18.9 Å². The topological polar surface area (TPSA) is 195 Å². The summed E-state index contributed by atoms with van der Waals surface area (Å²) in [6, 6.07) is 4.75. The maximum Gasteiger partial charge on any atom is 0.408 e. The first-order valence-electron chi connectivity index (χ1n) is 20.2. The highest BCUT2D eigenvalue weighted by molar-refractivity contribution is 7.91. The minimum absolute atomic E-state index is 0.00418. The molecule has 0 radical (unpaired) electrons. The number of aromatic nitrogens is 2. The van der Waals surface area contributed by atoms with Crippen LogP contribution in [0.15, 0.2) is 41.2 Å². The van der Waals surface area contributed by atoms with Gasteiger partial charge < -0.3 is 25.0 Å². The van der Waals surface area contributed by atoms with E-state index in [1.165, 1.54) is 16.0 Å². The fraction of sp³-hybridized carbons (Fsp3) is 0.650. The minimum Gasteiger partial charge on any atom is -0.471 e. The minimum atomic E-state index is -3.91. The molecule has 1 saturated heterocycles. The van der Waals surface area contributed by atoms with Crippen LogP contribution in [0.3, 0.4) is 0 Å². The number of benzene rings is 1. The number of aryl methyl sites for hydroxylation is 1. The van der Waals surface area contributed by atoms with Crippen molar-refractivity contribution in [3.8, 4) is 5.88 Å². The molecule has 4 amide bonds. The lowest BCUT2D eigenvalue weighted by atomic mass is 9.88. The Balaban J connectivity index is 1.11. The maximum atomic E-state index is 14.9. The molecule has 16 heteroatoms. The van der Waals surface area contributed by atoms with E-state index in [2.05, 4.69) is 27.4 Å². The molecule has 5 fully saturated rings. The van der Waals surface area contributed by atoms with E-state index >= 15 is 0 Å². The summed E-state index contributed by atoms with van der Waals surface area (Å²) < 4.78 is 41.6. The largest absolute Gasteiger partial charge is 0.471 e. The zero-order valence-electron chi connectivity index (χ0n) is 32.1. The summed E-state index contributed by atoms with van der Waals surface area (Å²) >= 11 is 0. The normalized spacial score (nSPS) is 34.3. The van der Waals surface area contributed by atoms with Crippen molar-refractivity contribution in [3.63, 3.8) is 0 Å². The van der Waals surface area contributed by atoms with E-state index < -0.39 is 68.7 Å². The SMILES string of the molecule is CCn1nc(OC2CC3C(=O)NC4(C(=O)NS(=O)(=O)C5CC5)CC4C=CCCC(C)CC(C)C(NC(=O)OC4CC5CC5C4)C(=O)N3C2)c2ccccc2c1=O. The quantitative estimate of drug-likeness (QED) is 0.335. The van der Waals surface area contributed by atoms with E-state index in [1.807, 2.05) is 19.1 Å². The summed E-state index contributed by atoms with van der Waals surface area (Å²) in [6.45, 7) is 6.03. The lowest BCUT2D eigenvalue weighted by molar-refractivity contribution is -0.142. The van der Waals surface area contributed by atoms with Gasteiger partial charge in [-0.1, -0.05) is 38.1 Å². The van der Waals surface area contributed by atoms with Crippen molar-refractivity contribution in [1.82, 2.24) is 30.0 Å². The van der Waals surface area contributed by atoms with Gasteiger partial charge in [-0.3, -0.25) is 23.9 Å². The molecule has 1 aromatic heterocycles. The van der Waals surface area contributed by atoms with Crippen molar-refractivity contribution < 1.29 is 37.1 Å². The molecule has 3 heterocycles. The van der Waals surface area contributed by atoms with Gasteiger partial charge in [0.1, 0.15) is 29.8 Å². The van der Waals surface area contributed by atoms with Crippen molar-refractivity contribution >= 4 is 44.6 Å². The average Bonchev–Trinajstić information content (AvgIpc) is 4.12. The maximum absolute atomic E-state index is 14.9. The van der Waals surface area contributed by atoms with Gasteiger partial charge in [0.05, 0.1) is 22.6 Å². The zero-order chi connectivity index (χ0) is 39.5. The number of alkyl carbamates (subject to hydrolysis) is 1. The van der Waals surface area contributed by atoms with E-state index in [4.69, 9.17) is 9.47 Å². The summed E-state index contributed by atoms with van der Waals surface area (Å²) in [5.41, 5.74) is -1.80. The van der Waals surface area contributed by atoms with E-state index in [0.29, 0.717) is 54.8 Å². The van der Waals surface area contributed by atoms with Crippen molar-refractivity contribution in [2.24, 2.45) is 29.6 Å². The van der Waals surface area contributed by atoms with E-state index in [1.54, 1.807) is 31.2 Å². The standard InChI is InChI=1S/C40H52N6O9S/c1-4-46-36(48)31-12-8-7-11-30(31)35(43-46)54-28-19-32-34(47)42-40(38(50)44-56(52,53)29-13-14-29)20-26(40)10-6-5-9-22(2)15-23(3)33(37(49)45(32)21-28)41-39(51)55-27-17-24-16-25(24)18-27/h6-8,10-12,22-29,32-33H,4-5,9,13-21H2,1-3H3,(H,41,51)(H,42,47)(H,44,50). The number of nitrogens with one attached hydrogen (secondary N) is 3. The highest BCUT2D eigenvalue weighted by atomic mass is 32.2. The van der Waals surface area contributed by atoms with Gasteiger partial charge in [0.25, 0.3) is 11.5 Å². The van der Waals surface area contributed by atoms with Crippen LogP contribution >= 0.6 is 0 Å². The second kappa shape index (κ2) is 14.8. The number of hydrogen-bond acceptors (Lipinski definition) is 10. The molecule has 6 aliphatic rings. The van der Waals surface area contributed by atoms with Gasteiger partial charge in [0.2, 0.25) is 27.7 Å². The van der Waals surface area contributed by atoms with E-state index in [0.717, 1.165) is 19.3 Å². The fourth-order valence-corrected chi connectivity index (χ4v) is 10.6. The van der Waals surface area contributed by atoms with Crippen LogP contribution < -0.4 is 25.7 Å². The first-order chi connectivity index (χ1) is 26.8. The number of carbonyl (C=O) groups excluding carboxylic acids is 4. The number of ether oxygens (including phenoxy) is 2. The first-order valence-corrected chi connectivity index (χ1v) is 21.8. The van der Waals surface area contributed by atoms with Gasteiger partial charge in [-0.05, 0) is 101 Å². The van der Waals surface area contributed by atoms with Gasteiger partial charge in [-0.15, -0.1) is 5.10 Å². The summed E-state index contributed by atoms with van der Waals surface area (Å²) in [4.78, 5) is 71.1. The number of nitrogens with zero attached hydrogens (tertiary/aromatic N) is 3. The lowest BCUT2D eigenvalue weighted by Gasteiger charge is -2.33. The Kier molecular flexibility index (Phi) is 10.1. The predicted molar refractivity (Wildman–Crippen MR) is 205 cm³/mol. The molecule has 3 N–H and O–H groups in total. The van der Waals surface area contributed by atoms with Crippen LogP contribution in [0.4, 0.5) is 4.79 Å². The van der Waals surface area contributed by atoms with Gasteiger partial charge in [-0.2, -0.15) is 0 Å². The third-order valence-corrected chi connectivity index (χ3v) is 14.6. The van der Waals surface area contributed by atoms with Crippen LogP contribution in [0.5, 0.6) is 5.88 Å². The Morgan fingerprint density at radius 1 is 0.982 bits per heavy atom. The molecular formula is C40H52N6O9S. The second-order valence-corrected chi connectivity index (χ2v) is 19.1. The molecule has 56 heavy (non-hydrogen) atoms. The fourth-order valence-electron chi connectivity index (χ4n) is 9.23. The summed E-state index contributed by atoms with van der Waals surface area (Å²) in [6.07, 6.45) is 8.17. The van der Waals surface area contributed by atoms with Crippen LogP contribution in [0.1, 0.15) is 85.0 Å². The lowest BCUT2D eigenvalue weighted by Crippen LogP contribution is -2.59. The monoisotopic (exact) mass is 792 g/mol. The Hall–Kier alpha value is -4.47. The number of hydrogen-bond donors (Lipinski definition) is 3. The Morgan fingerprint density at radius 2 is 1.71 bits per heavy atom. The molecule has 8 rings (SSSR count). The predicted octanol–water partition coefficient (Wildman–Crippen LogP) is 3.15. The van der Waals surface area contributed by atoms with Crippen molar-refractivity contribution in [2.45, 2.75) is 127 Å². The Bertz CT molecular complexity index is 2110. The molecule has 9 atom stereocenters.